The molecule has 144 valence electrons. The lowest BCUT2D eigenvalue weighted by molar-refractivity contribution is -0.119. The van der Waals surface area contributed by atoms with Crippen molar-refractivity contribution in [3.05, 3.63) is 37.4 Å². The Bertz CT molecular complexity index is 875. The van der Waals surface area contributed by atoms with Gasteiger partial charge in [-0.05, 0) is 57.2 Å². The number of aryl methyl sites for hydroxylation is 3. The fourth-order valence-corrected chi connectivity index (χ4v) is 5.17. The van der Waals surface area contributed by atoms with Crippen LogP contribution in [0.2, 0.25) is 0 Å². The first-order chi connectivity index (χ1) is 12.9. The molecule has 2 aromatic rings. The van der Waals surface area contributed by atoms with Crippen molar-refractivity contribution in [3.63, 3.8) is 0 Å². The molecule has 0 aliphatic heterocycles. The first-order valence-corrected chi connectivity index (χ1v) is 10.4. The summed E-state index contributed by atoms with van der Waals surface area (Å²) in [6.07, 6.45) is 3.12. The van der Waals surface area contributed by atoms with Gasteiger partial charge in [-0.3, -0.25) is 4.79 Å². The van der Waals surface area contributed by atoms with E-state index in [1.165, 1.54) is 33.1 Å². The fourth-order valence-electron chi connectivity index (χ4n) is 2.96. The number of amides is 1. The second-order valence-corrected chi connectivity index (χ2v) is 8.61. The number of anilines is 1. The van der Waals surface area contributed by atoms with Gasteiger partial charge in [0.2, 0.25) is 0 Å². The Morgan fingerprint density at radius 3 is 2.59 bits per heavy atom. The molecule has 2 heterocycles. The van der Waals surface area contributed by atoms with Crippen molar-refractivity contribution in [1.29, 1.82) is 0 Å². The Labute approximate surface area is 165 Å². The van der Waals surface area contributed by atoms with Crippen molar-refractivity contribution >= 4 is 45.5 Å². The van der Waals surface area contributed by atoms with E-state index < -0.39 is 24.5 Å². The van der Waals surface area contributed by atoms with E-state index in [0.717, 1.165) is 29.7 Å². The minimum Gasteiger partial charge on any atom is -0.462 e. The largest absolute Gasteiger partial charge is 0.462 e. The summed E-state index contributed by atoms with van der Waals surface area (Å²) in [4.78, 5) is 39.2. The van der Waals surface area contributed by atoms with Gasteiger partial charge in [0, 0.05) is 9.75 Å². The van der Waals surface area contributed by atoms with Gasteiger partial charge in [0.05, 0.1) is 12.2 Å². The molecule has 1 aliphatic rings. The minimum absolute atomic E-state index is 0.253. The minimum atomic E-state index is -0.492. The number of rotatable bonds is 6. The lowest BCUT2D eigenvalue weighted by Crippen LogP contribution is -2.21. The zero-order valence-electron chi connectivity index (χ0n) is 15.5. The predicted molar refractivity (Wildman–Crippen MR) is 105 cm³/mol. The maximum absolute atomic E-state index is 12.2. The molecule has 1 N–H and O–H groups in total. The molecule has 1 amide bonds. The predicted octanol–water partition coefficient (Wildman–Crippen LogP) is 3.89. The van der Waals surface area contributed by atoms with Crippen LogP contribution in [-0.2, 0) is 27.1 Å². The van der Waals surface area contributed by atoms with Gasteiger partial charge >= 0.3 is 11.9 Å². The quantitative estimate of drug-likeness (QED) is 0.735. The Balaban J connectivity index is 1.61. The summed E-state index contributed by atoms with van der Waals surface area (Å²) < 4.78 is 10.2. The number of esters is 2. The lowest BCUT2D eigenvalue weighted by atomic mass is 10.1. The average Bonchev–Trinajstić information content (AvgIpc) is 3.27. The molecule has 0 saturated carbocycles. The van der Waals surface area contributed by atoms with E-state index in [1.807, 2.05) is 19.9 Å². The summed E-state index contributed by atoms with van der Waals surface area (Å²) in [6.45, 7) is 5.26. The number of fused-ring (bicyclic) bond motifs is 1. The van der Waals surface area contributed by atoms with Gasteiger partial charge in [-0.2, -0.15) is 0 Å². The van der Waals surface area contributed by atoms with Crippen LogP contribution in [0.15, 0.2) is 6.07 Å². The molecule has 0 spiro atoms. The molecule has 0 bridgehead atoms. The summed E-state index contributed by atoms with van der Waals surface area (Å²) in [5, 5.41) is 3.08. The van der Waals surface area contributed by atoms with Crippen molar-refractivity contribution in [2.24, 2.45) is 0 Å². The molecule has 27 heavy (non-hydrogen) atoms. The van der Waals surface area contributed by atoms with Gasteiger partial charge in [-0.25, -0.2) is 9.59 Å². The highest BCUT2D eigenvalue weighted by Crippen LogP contribution is 2.33. The summed E-state index contributed by atoms with van der Waals surface area (Å²) in [7, 11) is 0. The number of ether oxygens (including phenoxy) is 2. The third kappa shape index (κ3) is 4.22. The van der Waals surface area contributed by atoms with Gasteiger partial charge < -0.3 is 14.8 Å². The smallest absolute Gasteiger partial charge is 0.348 e. The van der Waals surface area contributed by atoms with Gasteiger partial charge in [-0.15, -0.1) is 22.7 Å². The molecular weight excluding hydrogens is 386 g/mol. The highest BCUT2D eigenvalue weighted by atomic mass is 32.1. The van der Waals surface area contributed by atoms with Gasteiger partial charge in [-0.1, -0.05) is 0 Å². The second-order valence-electron chi connectivity index (χ2n) is 6.24. The Kier molecular flexibility index (Phi) is 5.96. The van der Waals surface area contributed by atoms with E-state index in [0.29, 0.717) is 15.4 Å². The third-order valence-corrected chi connectivity index (χ3v) is 6.74. The standard InChI is InChI=1S/C19H21NO5S2/c1-4-24-19(23)16-10(2)11(3)26-17(16)20-15(21)9-25-18(22)14-8-12-6-5-7-13(12)27-14/h8H,4-7,9H2,1-3H3,(H,20,21). The van der Waals surface area contributed by atoms with Gasteiger partial charge in [0.15, 0.2) is 6.61 Å². The molecule has 0 fully saturated rings. The fraction of sp³-hybridized carbons (Fsp3) is 0.421. The topological polar surface area (TPSA) is 81.7 Å². The maximum atomic E-state index is 12.2. The zero-order chi connectivity index (χ0) is 19.6. The van der Waals surface area contributed by atoms with E-state index >= 15 is 0 Å². The van der Waals surface area contributed by atoms with Crippen LogP contribution in [0.25, 0.3) is 0 Å². The molecule has 1 aliphatic carbocycles. The Morgan fingerprint density at radius 1 is 1.11 bits per heavy atom. The van der Waals surface area contributed by atoms with Crippen molar-refractivity contribution < 1.29 is 23.9 Å². The molecule has 0 saturated heterocycles. The molecule has 6 nitrogen and oxygen atoms in total. The highest BCUT2D eigenvalue weighted by molar-refractivity contribution is 7.16. The van der Waals surface area contributed by atoms with E-state index in [1.54, 1.807) is 6.92 Å². The molecule has 0 radical (unpaired) electrons. The SMILES string of the molecule is CCOC(=O)c1c(NC(=O)COC(=O)c2cc3c(s2)CCC3)sc(C)c1C. The van der Waals surface area contributed by atoms with Crippen molar-refractivity contribution in [1.82, 2.24) is 0 Å². The van der Waals surface area contributed by atoms with E-state index in [2.05, 4.69) is 5.32 Å². The van der Waals surface area contributed by atoms with Crippen molar-refractivity contribution in [2.45, 2.75) is 40.0 Å². The van der Waals surface area contributed by atoms with Crippen LogP contribution >= 0.6 is 22.7 Å². The van der Waals surface area contributed by atoms with Crippen LogP contribution in [-0.4, -0.2) is 31.1 Å². The summed E-state index contributed by atoms with van der Waals surface area (Å²) >= 11 is 2.74. The van der Waals surface area contributed by atoms with Crippen molar-refractivity contribution in [2.75, 3.05) is 18.5 Å². The first kappa shape index (κ1) is 19.6. The van der Waals surface area contributed by atoms with Crippen LogP contribution in [0.5, 0.6) is 0 Å². The summed E-state index contributed by atoms with van der Waals surface area (Å²) in [5.41, 5.74) is 2.34. The number of carbonyl (C=O) groups excluding carboxylic acids is 3. The molecular formula is C19H21NO5S2. The molecule has 3 rings (SSSR count). The average molecular weight is 408 g/mol. The highest BCUT2D eigenvalue weighted by Gasteiger charge is 2.23. The van der Waals surface area contributed by atoms with E-state index in [-0.39, 0.29) is 6.61 Å². The first-order valence-electron chi connectivity index (χ1n) is 8.76. The van der Waals surface area contributed by atoms with Crippen LogP contribution in [0.1, 0.15) is 54.3 Å². The number of thiophene rings is 2. The zero-order valence-corrected chi connectivity index (χ0v) is 17.1. The van der Waals surface area contributed by atoms with Gasteiger partial charge in [0.25, 0.3) is 5.91 Å². The normalized spacial score (nSPS) is 12.6. The number of carbonyl (C=O) groups is 3. The van der Waals surface area contributed by atoms with Crippen LogP contribution in [0.3, 0.4) is 0 Å². The lowest BCUT2D eigenvalue weighted by Gasteiger charge is -2.07. The Hall–Kier alpha value is -2.19. The summed E-state index contributed by atoms with van der Waals surface area (Å²) in [5.74, 6) is -1.45. The molecule has 8 heteroatoms. The maximum Gasteiger partial charge on any atom is 0.348 e. The number of nitrogens with one attached hydrogen (secondary N) is 1. The monoisotopic (exact) mass is 407 g/mol. The van der Waals surface area contributed by atoms with E-state index in [4.69, 9.17) is 9.47 Å². The third-order valence-electron chi connectivity index (χ3n) is 4.40. The van der Waals surface area contributed by atoms with Crippen molar-refractivity contribution in [3.8, 4) is 0 Å². The molecule has 0 aromatic carbocycles. The van der Waals surface area contributed by atoms with Crippen LogP contribution in [0.4, 0.5) is 5.00 Å². The van der Waals surface area contributed by atoms with Crippen LogP contribution in [0, 0.1) is 13.8 Å². The second kappa shape index (κ2) is 8.22. The van der Waals surface area contributed by atoms with E-state index in [9.17, 15) is 14.4 Å². The summed E-state index contributed by atoms with van der Waals surface area (Å²) in [6, 6.07) is 1.86. The van der Waals surface area contributed by atoms with Crippen LogP contribution < -0.4 is 5.32 Å². The molecule has 2 aromatic heterocycles. The number of hydrogen-bond donors (Lipinski definition) is 1. The molecule has 0 unspecified atom stereocenters. The Morgan fingerprint density at radius 2 is 1.89 bits per heavy atom. The van der Waals surface area contributed by atoms with Gasteiger partial charge in [0.1, 0.15) is 9.88 Å². The molecule has 0 atom stereocenters. The number of hydrogen-bond acceptors (Lipinski definition) is 7.